The molecule has 3 aromatic rings. The first-order valence-electron chi connectivity index (χ1n) is 10.1. The fourth-order valence-corrected chi connectivity index (χ4v) is 3.97. The second kappa shape index (κ2) is 10.3. The molecule has 160 valence electrons. The lowest BCUT2D eigenvalue weighted by atomic mass is 10.1. The van der Waals surface area contributed by atoms with Crippen LogP contribution in [-0.2, 0) is 11.2 Å². The van der Waals surface area contributed by atoms with Crippen molar-refractivity contribution < 1.29 is 14.0 Å². The summed E-state index contributed by atoms with van der Waals surface area (Å²) in [7, 11) is 0. The van der Waals surface area contributed by atoms with E-state index in [-0.39, 0.29) is 22.9 Å². The third-order valence-electron chi connectivity index (χ3n) is 4.89. The summed E-state index contributed by atoms with van der Waals surface area (Å²) in [5, 5.41) is 5.56. The Morgan fingerprint density at radius 2 is 1.65 bits per heavy atom. The van der Waals surface area contributed by atoms with Gasteiger partial charge in [-0.25, -0.2) is 4.39 Å². The van der Waals surface area contributed by atoms with Crippen LogP contribution in [0.2, 0.25) is 0 Å². The highest BCUT2D eigenvalue weighted by Crippen LogP contribution is 2.27. The first-order chi connectivity index (χ1) is 14.9. The average molecular weight is 437 g/mol. The van der Waals surface area contributed by atoms with Crippen LogP contribution in [0.25, 0.3) is 0 Å². The molecule has 3 rings (SSSR count). The number of aryl methyl sites for hydroxylation is 2. The third kappa shape index (κ3) is 5.95. The van der Waals surface area contributed by atoms with Crippen molar-refractivity contribution in [3.05, 3.63) is 89.2 Å². The van der Waals surface area contributed by atoms with Gasteiger partial charge in [0, 0.05) is 21.8 Å². The first-order valence-corrected chi connectivity index (χ1v) is 11.0. The molecule has 0 aliphatic carbocycles. The predicted molar refractivity (Wildman–Crippen MR) is 125 cm³/mol. The standard InChI is InChI=1S/C25H25FN2O2S/c1-4-18-7-5-6-16(2)23(18)28-24(29)17(3)31-22-14-12-21(13-15-22)27-25(30)19-8-10-20(26)11-9-19/h5-15,17H,4H2,1-3H3,(H,27,30)(H,28,29). The van der Waals surface area contributed by atoms with Crippen molar-refractivity contribution >= 4 is 35.0 Å². The van der Waals surface area contributed by atoms with Gasteiger partial charge in [-0.05, 0) is 79.9 Å². The molecule has 1 atom stereocenters. The van der Waals surface area contributed by atoms with Crippen molar-refractivity contribution in [3.8, 4) is 0 Å². The quantitative estimate of drug-likeness (QED) is 0.442. The molecule has 2 amide bonds. The number of thioether (sulfide) groups is 1. The van der Waals surface area contributed by atoms with E-state index in [1.807, 2.05) is 44.2 Å². The fraction of sp³-hybridized carbons (Fsp3) is 0.200. The molecule has 0 saturated carbocycles. The zero-order valence-corrected chi connectivity index (χ0v) is 18.6. The number of amides is 2. The van der Waals surface area contributed by atoms with Gasteiger partial charge in [-0.2, -0.15) is 0 Å². The average Bonchev–Trinajstić information content (AvgIpc) is 2.76. The molecule has 0 heterocycles. The molecule has 3 aromatic carbocycles. The Hall–Kier alpha value is -3.12. The first kappa shape index (κ1) is 22.6. The van der Waals surface area contributed by atoms with Gasteiger partial charge in [0.05, 0.1) is 5.25 Å². The largest absolute Gasteiger partial charge is 0.325 e. The lowest BCUT2D eigenvalue weighted by Crippen LogP contribution is -2.23. The van der Waals surface area contributed by atoms with Gasteiger partial charge in [0.1, 0.15) is 5.82 Å². The summed E-state index contributed by atoms with van der Waals surface area (Å²) < 4.78 is 13.0. The Morgan fingerprint density at radius 1 is 0.968 bits per heavy atom. The zero-order chi connectivity index (χ0) is 22.4. The van der Waals surface area contributed by atoms with E-state index in [1.165, 1.54) is 36.0 Å². The molecule has 0 fully saturated rings. The number of halogens is 1. The van der Waals surface area contributed by atoms with Crippen LogP contribution in [0.15, 0.2) is 71.6 Å². The van der Waals surface area contributed by atoms with Gasteiger partial charge < -0.3 is 10.6 Å². The maximum absolute atomic E-state index is 13.0. The fourth-order valence-electron chi connectivity index (χ4n) is 3.11. The Labute approximate surface area is 186 Å². The van der Waals surface area contributed by atoms with E-state index in [0.29, 0.717) is 11.3 Å². The van der Waals surface area contributed by atoms with Gasteiger partial charge in [-0.15, -0.1) is 11.8 Å². The van der Waals surface area contributed by atoms with Crippen LogP contribution in [0.1, 0.15) is 35.3 Å². The van der Waals surface area contributed by atoms with Gasteiger partial charge in [-0.3, -0.25) is 9.59 Å². The lowest BCUT2D eigenvalue weighted by molar-refractivity contribution is -0.115. The highest BCUT2D eigenvalue weighted by atomic mass is 32.2. The number of benzene rings is 3. The van der Waals surface area contributed by atoms with Gasteiger partial charge in [0.25, 0.3) is 5.91 Å². The van der Waals surface area contributed by atoms with Crippen LogP contribution < -0.4 is 10.6 Å². The zero-order valence-electron chi connectivity index (χ0n) is 17.7. The normalized spacial score (nSPS) is 11.6. The van der Waals surface area contributed by atoms with Crippen LogP contribution in [0.3, 0.4) is 0 Å². The van der Waals surface area contributed by atoms with E-state index in [0.717, 1.165) is 28.1 Å². The highest BCUT2D eigenvalue weighted by molar-refractivity contribution is 8.00. The second-order valence-electron chi connectivity index (χ2n) is 7.20. The second-order valence-corrected chi connectivity index (χ2v) is 8.61. The van der Waals surface area contributed by atoms with Crippen LogP contribution >= 0.6 is 11.8 Å². The molecule has 0 spiro atoms. The Morgan fingerprint density at radius 3 is 2.29 bits per heavy atom. The van der Waals surface area contributed by atoms with Crippen molar-refractivity contribution in [1.29, 1.82) is 0 Å². The molecule has 2 N–H and O–H groups in total. The number of hydrogen-bond acceptors (Lipinski definition) is 3. The molecule has 31 heavy (non-hydrogen) atoms. The van der Waals surface area contributed by atoms with Gasteiger partial charge in [0.2, 0.25) is 5.91 Å². The molecule has 0 aromatic heterocycles. The SMILES string of the molecule is CCc1cccc(C)c1NC(=O)C(C)Sc1ccc(NC(=O)c2ccc(F)cc2)cc1. The highest BCUT2D eigenvalue weighted by Gasteiger charge is 2.17. The molecule has 4 nitrogen and oxygen atoms in total. The topological polar surface area (TPSA) is 58.2 Å². The third-order valence-corrected chi connectivity index (χ3v) is 6.00. The van der Waals surface area contributed by atoms with Gasteiger partial charge in [-0.1, -0.05) is 25.1 Å². The van der Waals surface area contributed by atoms with Crippen LogP contribution in [0.5, 0.6) is 0 Å². The predicted octanol–water partition coefficient (Wildman–Crippen LogP) is 6.07. The van der Waals surface area contributed by atoms with E-state index in [9.17, 15) is 14.0 Å². The van der Waals surface area contributed by atoms with Crippen LogP contribution in [-0.4, -0.2) is 17.1 Å². The lowest BCUT2D eigenvalue weighted by Gasteiger charge is -2.16. The van der Waals surface area contributed by atoms with Gasteiger partial charge >= 0.3 is 0 Å². The molecule has 0 bridgehead atoms. The number of para-hydroxylation sites is 1. The number of nitrogens with one attached hydrogen (secondary N) is 2. The van der Waals surface area contributed by atoms with Gasteiger partial charge in [0.15, 0.2) is 0 Å². The summed E-state index contributed by atoms with van der Waals surface area (Å²) >= 11 is 1.45. The maximum atomic E-state index is 13.0. The number of carbonyl (C=O) groups is 2. The molecule has 6 heteroatoms. The molecular formula is C25H25FN2O2S. The maximum Gasteiger partial charge on any atom is 0.255 e. The monoisotopic (exact) mass is 436 g/mol. The minimum atomic E-state index is -0.385. The molecule has 0 saturated heterocycles. The summed E-state index contributed by atoms with van der Waals surface area (Å²) in [5.74, 6) is -0.745. The van der Waals surface area contributed by atoms with Crippen molar-refractivity contribution in [2.75, 3.05) is 10.6 Å². The Kier molecular flexibility index (Phi) is 7.47. The summed E-state index contributed by atoms with van der Waals surface area (Å²) in [6.45, 7) is 5.93. The number of hydrogen-bond donors (Lipinski definition) is 2. The van der Waals surface area contributed by atoms with E-state index >= 15 is 0 Å². The van der Waals surface area contributed by atoms with E-state index < -0.39 is 0 Å². The van der Waals surface area contributed by atoms with Crippen molar-refractivity contribution in [1.82, 2.24) is 0 Å². The smallest absolute Gasteiger partial charge is 0.255 e. The number of carbonyl (C=O) groups excluding carboxylic acids is 2. The summed E-state index contributed by atoms with van der Waals surface area (Å²) in [6, 6.07) is 18.7. The molecule has 0 radical (unpaired) electrons. The molecular weight excluding hydrogens is 411 g/mol. The van der Waals surface area contributed by atoms with Crippen molar-refractivity contribution in [2.24, 2.45) is 0 Å². The van der Waals surface area contributed by atoms with E-state index in [2.05, 4.69) is 17.6 Å². The van der Waals surface area contributed by atoms with Crippen LogP contribution in [0, 0.1) is 12.7 Å². The van der Waals surface area contributed by atoms with Crippen LogP contribution in [0.4, 0.5) is 15.8 Å². The number of anilines is 2. The summed E-state index contributed by atoms with van der Waals surface area (Å²) in [6.07, 6.45) is 0.851. The summed E-state index contributed by atoms with van der Waals surface area (Å²) in [5.41, 5.74) is 4.07. The Bertz CT molecular complexity index is 1070. The minimum absolute atomic E-state index is 0.0531. The Balaban J connectivity index is 1.59. The molecule has 0 aliphatic rings. The molecule has 0 aliphatic heterocycles. The molecule has 1 unspecified atom stereocenters. The summed E-state index contributed by atoms with van der Waals surface area (Å²) in [4.78, 5) is 25.9. The van der Waals surface area contributed by atoms with E-state index in [4.69, 9.17) is 0 Å². The van der Waals surface area contributed by atoms with E-state index in [1.54, 1.807) is 12.1 Å². The number of rotatable bonds is 7. The van der Waals surface area contributed by atoms with Crippen molar-refractivity contribution in [2.45, 2.75) is 37.3 Å². The van der Waals surface area contributed by atoms with Crippen molar-refractivity contribution in [3.63, 3.8) is 0 Å². The minimum Gasteiger partial charge on any atom is -0.325 e.